The molecular formula is C9H14HfI3-5. The summed E-state index contributed by atoms with van der Waals surface area (Å²) in [5, 5.41) is 0. The number of unbranched alkanes of at least 4 members (excludes halogenated alkanes) is 1. The molecule has 0 saturated heterocycles. The summed E-state index contributed by atoms with van der Waals surface area (Å²) in [6, 6.07) is 10.0. The standard InChI is InChI=1S/C5H5.C4H9.Hf.3HI/c1-2-4-5-3-1;1-3-4-2;;;;/h1-5H;1,3-4H2,2H3;;3*1H/q2*-1;;;;/p-3. The van der Waals surface area contributed by atoms with Crippen molar-refractivity contribution in [3.8, 4) is 0 Å². The van der Waals surface area contributed by atoms with E-state index in [1.54, 1.807) is 0 Å². The predicted molar refractivity (Wildman–Crippen MR) is 42.3 cm³/mol. The van der Waals surface area contributed by atoms with Crippen molar-refractivity contribution in [2.75, 3.05) is 0 Å². The van der Waals surface area contributed by atoms with Crippen LogP contribution in [-0.2, 0) is 25.8 Å². The first kappa shape index (κ1) is 29.5. The van der Waals surface area contributed by atoms with Gasteiger partial charge in [-0.3, -0.25) is 0 Å². The molecule has 0 aromatic heterocycles. The van der Waals surface area contributed by atoms with Crippen molar-refractivity contribution in [2.24, 2.45) is 0 Å². The fourth-order valence-electron chi connectivity index (χ4n) is 0.321. The Labute approximate surface area is 152 Å². The van der Waals surface area contributed by atoms with Crippen LogP contribution >= 0.6 is 0 Å². The zero-order valence-electron chi connectivity index (χ0n) is 7.64. The molecule has 13 heavy (non-hydrogen) atoms. The van der Waals surface area contributed by atoms with Gasteiger partial charge in [0.15, 0.2) is 0 Å². The Hall–Kier alpha value is 2.41. The van der Waals surface area contributed by atoms with Gasteiger partial charge in [-0.05, 0) is 0 Å². The summed E-state index contributed by atoms with van der Waals surface area (Å²) in [7, 11) is 0. The third-order valence-corrected chi connectivity index (χ3v) is 0.909. The molecule has 0 nitrogen and oxygen atoms in total. The molecule has 1 aromatic rings. The molecule has 0 atom stereocenters. The van der Waals surface area contributed by atoms with Crippen LogP contribution in [0.5, 0.6) is 0 Å². The van der Waals surface area contributed by atoms with Crippen molar-refractivity contribution in [3.05, 3.63) is 37.3 Å². The zero-order valence-corrected chi connectivity index (χ0v) is 17.7. The maximum absolute atomic E-state index is 3.60. The van der Waals surface area contributed by atoms with Crippen molar-refractivity contribution in [1.82, 2.24) is 0 Å². The van der Waals surface area contributed by atoms with Crippen molar-refractivity contribution in [3.63, 3.8) is 0 Å². The summed E-state index contributed by atoms with van der Waals surface area (Å²) < 4.78 is 0. The van der Waals surface area contributed by atoms with Gasteiger partial charge in [0.05, 0.1) is 0 Å². The average Bonchev–Trinajstić information content (AvgIpc) is 2.43. The second-order valence-electron chi connectivity index (χ2n) is 1.82. The van der Waals surface area contributed by atoms with Crippen LogP contribution in [0.1, 0.15) is 19.8 Å². The van der Waals surface area contributed by atoms with E-state index in [0.29, 0.717) is 0 Å². The van der Waals surface area contributed by atoms with Gasteiger partial charge in [0, 0.05) is 25.8 Å². The van der Waals surface area contributed by atoms with Gasteiger partial charge in [0.1, 0.15) is 0 Å². The second-order valence-corrected chi connectivity index (χ2v) is 1.82. The first-order valence-electron chi connectivity index (χ1n) is 3.37. The van der Waals surface area contributed by atoms with Crippen LogP contribution in [0, 0.1) is 6.92 Å². The van der Waals surface area contributed by atoms with E-state index in [0.717, 1.165) is 6.42 Å². The zero-order chi connectivity index (χ0) is 6.95. The van der Waals surface area contributed by atoms with E-state index >= 15 is 0 Å². The maximum atomic E-state index is 3.60. The molecule has 0 saturated carbocycles. The molecule has 0 amide bonds. The SMILES string of the molecule is [CH2-]CCC.[Hf].[I-].[I-].[I-].c1cc[cH-]c1. The molecule has 0 bridgehead atoms. The van der Waals surface area contributed by atoms with Crippen molar-refractivity contribution in [1.29, 1.82) is 0 Å². The van der Waals surface area contributed by atoms with E-state index in [2.05, 4.69) is 13.8 Å². The maximum Gasteiger partial charge on any atom is 0 e. The minimum absolute atomic E-state index is 0. The number of rotatable bonds is 1. The minimum Gasteiger partial charge on any atom is -1.00 e. The summed E-state index contributed by atoms with van der Waals surface area (Å²) in [6.07, 6.45) is 2.28. The Morgan fingerprint density at radius 2 is 1.38 bits per heavy atom. The predicted octanol–water partition coefficient (Wildman–Crippen LogP) is -5.96. The average molecular weight is 681 g/mol. The molecule has 0 heterocycles. The minimum atomic E-state index is 0. The van der Waals surface area contributed by atoms with Crippen LogP contribution in [0.2, 0.25) is 0 Å². The number of halogens is 3. The molecule has 0 N–H and O–H groups in total. The van der Waals surface area contributed by atoms with Crippen molar-refractivity contribution < 1.29 is 97.8 Å². The molecule has 0 unspecified atom stereocenters. The molecule has 0 radical (unpaired) electrons. The molecule has 0 aliphatic carbocycles. The van der Waals surface area contributed by atoms with E-state index < -0.39 is 0 Å². The smallest absolute Gasteiger partial charge is 0 e. The molecular weight excluding hydrogens is 667 g/mol. The van der Waals surface area contributed by atoms with E-state index in [1.807, 2.05) is 30.3 Å². The number of hydrogen-bond acceptors (Lipinski definition) is 0. The molecule has 0 spiro atoms. The topological polar surface area (TPSA) is 0 Å². The number of hydrogen-bond donors (Lipinski definition) is 0. The van der Waals surface area contributed by atoms with Gasteiger partial charge in [0.25, 0.3) is 0 Å². The molecule has 0 aliphatic heterocycles. The Balaban J connectivity index is -0.0000000256. The second kappa shape index (κ2) is 29.3. The van der Waals surface area contributed by atoms with Gasteiger partial charge in [-0.25, -0.2) is 12.1 Å². The van der Waals surface area contributed by atoms with Gasteiger partial charge in [-0.15, -0.1) is 0 Å². The van der Waals surface area contributed by atoms with Crippen molar-refractivity contribution >= 4 is 0 Å². The fraction of sp³-hybridized carbons (Fsp3) is 0.333. The molecule has 80 valence electrons. The summed E-state index contributed by atoms with van der Waals surface area (Å²) in [5.41, 5.74) is 0. The van der Waals surface area contributed by atoms with Crippen LogP contribution in [0.25, 0.3) is 0 Å². The van der Waals surface area contributed by atoms with Crippen LogP contribution in [0.4, 0.5) is 0 Å². The first-order chi connectivity index (χ1) is 4.41. The summed E-state index contributed by atoms with van der Waals surface area (Å²) >= 11 is 0. The van der Waals surface area contributed by atoms with Crippen LogP contribution in [0.15, 0.2) is 30.3 Å². The first-order valence-corrected chi connectivity index (χ1v) is 3.37. The molecule has 0 fully saturated rings. The summed E-state index contributed by atoms with van der Waals surface area (Å²) in [6.45, 7) is 5.72. The van der Waals surface area contributed by atoms with Gasteiger partial charge in [0.2, 0.25) is 0 Å². The Kier molecular flexibility index (Phi) is 66.5. The van der Waals surface area contributed by atoms with Gasteiger partial charge >= 0.3 is 0 Å². The normalized spacial score (nSPS) is 5.38. The largest absolute Gasteiger partial charge is 1.00 e. The van der Waals surface area contributed by atoms with E-state index in [9.17, 15) is 0 Å². The molecule has 4 heteroatoms. The van der Waals surface area contributed by atoms with Gasteiger partial charge in [-0.2, -0.15) is 24.6 Å². The monoisotopic (exact) mass is 683 g/mol. The molecule has 0 aliphatic rings. The van der Waals surface area contributed by atoms with Gasteiger partial charge in [-0.1, -0.05) is 13.3 Å². The van der Waals surface area contributed by atoms with Crippen LogP contribution in [-0.4, -0.2) is 0 Å². The van der Waals surface area contributed by atoms with E-state index in [1.165, 1.54) is 6.42 Å². The quantitative estimate of drug-likeness (QED) is 0.158. The fourth-order valence-corrected chi connectivity index (χ4v) is 0.321. The molecule has 1 rings (SSSR count). The summed E-state index contributed by atoms with van der Waals surface area (Å²) in [5.74, 6) is 0. The van der Waals surface area contributed by atoms with Crippen LogP contribution in [0.3, 0.4) is 0 Å². The van der Waals surface area contributed by atoms with Crippen LogP contribution < -0.4 is 71.9 Å². The van der Waals surface area contributed by atoms with Crippen molar-refractivity contribution in [2.45, 2.75) is 19.8 Å². The third-order valence-electron chi connectivity index (χ3n) is 0.909. The third kappa shape index (κ3) is 31.4. The Bertz CT molecular complexity index is 90.4. The Morgan fingerprint density at radius 1 is 1.08 bits per heavy atom. The van der Waals surface area contributed by atoms with Gasteiger partial charge < -0.3 is 78.9 Å². The van der Waals surface area contributed by atoms with E-state index in [-0.39, 0.29) is 97.8 Å². The molecule has 1 aromatic carbocycles. The van der Waals surface area contributed by atoms with E-state index in [4.69, 9.17) is 0 Å². The Morgan fingerprint density at radius 3 is 1.46 bits per heavy atom. The summed E-state index contributed by atoms with van der Waals surface area (Å²) in [4.78, 5) is 0.